The van der Waals surface area contributed by atoms with Crippen molar-refractivity contribution in [3.8, 4) is 11.5 Å². The molecule has 0 unspecified atom stereocenters. The average molecular weight is 433 g/mol. The molecule has 0 radical (unpaired) electrons. The Labute approximate surface area is 171 Å². The van der Waals surface area contributed by atoms with Crippen molar-refractivity contribution in [2.75, 3.05) is 6.61 Å². The number of esters is 1. The minimum absolute atomic E-state index is 0.369. The molecule has 4 heteroatoms. The third-order valence-corrected chi connectivity index (χ3v) is 4.91. The fourth-order valence-electron chi connectivity index (χ4n) is 2.78. The Kier molecular flexibility index (Phi) is 9.99. The van der Waals surface area contributed by atoms with Gasteiger partial charge in [-0.25, -0.2) is 4.79 Å². The first-order chi connectivity index (χ1) is 13.2. The molecule has 0 N–H and O–H groups in total. The summed E-state index contributed by atoms with van der Waals surface area (Å²) in [6, 6.07) is 14.3. The number of unbranched alkanes of at least 4 members (excludes halogenated alkanes) is 7. The van der Waals surface area contributed by atoms with E-state index < -0.39 is 0 Å². The zero-order valence-corrected chi connectivity index (χ0v) is 17.7. The Morgan fingerprint density at radius 2 is 1.33 bits per heavy atom. The maximum absolute atomic E-state index is 12.2. The van der Waals surface area contributed by atoms with Crippen LogP contribution < -0.4 is 9.47 Å². The summed E-state index contributed by atoms with van der Waals surface area (Å²) in [5.41, 5.74) is 0.511. The fraction of sp³-hybridized carbons (Fsp3) is 0.435. The summed E-state index contributed by atoms with van der Waals surface area (Å²) < 4.78 is 12.1. The van der Waals surface area contributed by atoms with E-state index in [9.17, 15) is 4.79 Å². The molecule has 0 aliphatic carbocycles. The molecule has 146 valence electrons. The number of hydrogen-bond acceptors (Lipinski definition) is 3. The number of ether oxygens (including phenoxy) is 2. The van der Waals surface area contributed by atoms with Gasteiger partial charge in [-0.05, 0) is 55.0 Å². The van der Waals surface area contributed by atoms with Gasteiger partial charge in [-0.3, -0.25) is 0 Å². The zero-order valence-electron chi connectivity index (χ0n) is 16.1. The summed E-state index contributed by atoms with van der Waals surface area (Å²) in [5.74, 6) is 0.948. The fourth-order valence-corrected chi connectivity index (χ4v) is 3.05. The quantitative estimate of drug-likeness (QED) is 0.202. The van der Waals surface area contributed by atoms with E-state index in [1.165, 1.54) is 44.9 Å². The predicted molar refractivity (Wildman–Crippen MR) is 114 cm³/mol. The van der Waals surface area contributed by atoms with Gasteiger partial charge in [-0.15, -0.1) is 0 Å². The topological polar surface area (TPSA) is 35.5 Å². The smallest absolute Gasteiger partial charge is 0.343 e. The van der Waals surface area contributed by atoms with Crippen molar-refractivity contribution < 1.29 is 14.3 Å². The lowest BCUT2D eigenvalue weighted by Crippen LogP contribution is -2.08. The highest BCUT2D eigenvalue weighted by molar-refractivity contribution is 9.10. The van der Waals surface area contributed by atoms with Crippen LogP contribution >= 0.6 is 15.9 Å². The van der Waals surface area contributed by atoms with E-state index in [2.05, 4.69) is 22.9 Å². The molecule has 3 nitrogen and oxygen atoms in total. The van der Waals surface area contributed by atoms with Crippen LogP contribution in [0.25, 0.3) is 0 Å². The van der Waals surface area contributed by atoms with Crippen LogP contribution in [0.4, 0.5) is 0 Å². The molecule has 0 fully saturated rings. The average Bonchev–Trinajstić information content (AvgIpc) is 2.69. The first-order valence-corrected chi connectivity index (χ1v) is 10.7. The summed E-state index contributed by atoms with van der Waals surface area (Å²) in [4.78, 5) is 12.2. The summed E-state index contributed by atoms with van der Waals surface area (Å²) in [6.45, 7) is 2.97. The van der Waals surface area contributed by atoms with E-state index >= 15 is 0 Å². The first kappa shape index (κ1) is 21.5. The number of halogens is 1. The van der Waals surface area contributed by atoms with E-state index in [-0.39, 0.29) is 5.97 Å². The van der Waals surface area contributed by atoms with Crippen LogP contribution in [0.3, 0.4) is 0 Å². The molecule has 2 aromatic rings. The molecule has 0 aliphatic rings. The van der Waals surface area contributed by atoms with Gasteiger partial charge in [0.2, 0.25) is 0 Å². The molecule has 2 aromatic carbocycles. The highest BCUT2D eigenvalue weighted by Gasteiger charge is 2.08. The Morgan fingerprint density at radius 3 is 1.96 bits per heavy atom. The van der Waals surface area contributed by atoms with Crippen molar-refractivity contribution in [3.63, 3.8) is 0 Å². The normalized spacial score (nSPS) is 10.6. The predicted octanol–water partition coefficient (Wildman–Crippen LogP) is 7.19. The van der Waals surface area contributed by atoms with Gasteiger partial charge in [0, 0.05) is 4.47 Å². The molecule has 0 saturated carbocycles. The van der Waals surface area contributed by atoms with E-state index in [1.54, 1.807) is 24.3 Å². The number of rotatable bonds is 12. The molecule has 2 rings (SSSR count). The van der Waals surface area contributed by atoms with Gasteiger partial charge in [0.05, 0.1) is 12.2 Å². The van der Waals surface area contributed by atoms with Crippen LogP contribution in [-0.2, 0) is 0 Å². The highest BCUT2D eigenvalue weighted by atomic mass is 79.9. The molecule has 0 bridgehead atoms. The summed E-state index contributed by atoms with van der Waals surface area (Å²) >= 11 is 3.36. The molecule has 0 amide bonds. The lowest BCUT2D eigenvalue weighted by Gasteiger charge is -2.08. The lowest BCUT2D eigenvalue weighted by atomic mass is 10.1. The van der Waals surface area contributed by atoms with Crippen molar-refractivity contribution in [1.29, 1.82) is 0 Å². The van der Waals surface area contributed by atoms with E-state index in [4.69, 9.17) is 9.47 Å². The zero-order chi connectivity index (χ0) is 19.3. The maximum Gasteiger partial charge on any atom is 0.343 e. The number of benzene rings is 2. The highest BCUT2D eigenvalue weighted by Crippen LogP contribution is 2.19. The van der Waals surface area contributed by atoms with Crippen LogP contribution in [0.5, 0.6) is 11.5 Å². The van der Waals surface area contributed by atoms with Gasteiger partial charge < -0.3 is 9.47 Å². The molecule has 0 atom stereocenters. The van der Waals surface area contributed by atoms with E-state index in [0.29, 0.717) is 11.3 Å². The van der Waals surface area contributed by atoms with Gasteiger partial charge in [0.15, 0.2) is 0 Å². The van der Waals surface area contributed by atoms with Crippen LogP contribution in [0.2, 0.25) is 0 Å². The van der Waals surface area contributed by atoms with Crippen LogP contribution in [0.1, 0.15) is 68.6 Å². The second-order valence-corrected chi connectivity index (χ2v) is 7.61. The Bertz CT molecular complexity index is 665. The molecular weight excluding hydrogens is 404 g/mol. The van der Waals surface area contributed by atoms with Gasteiger partial charge in [0.25, 0.3) is 0 Å². The number of hydrogen-bond donors (Lipinski definition) is 0. The van der Waals surface area contributed by atoms with Crippen LogP contribution in [0.15, 0.2) is 53.0 Å². The minimum atomic E-state index is -0.369. The van der Waals surface area contributed by atoms with Gasteiger partial charge in [-0.1, -0.05) is 67.8 Å². The van der Waals surface area contributed by atoms with Gasteiger partial charge in [0.1, 0.15) is 11.5 Å². The number of carbonyl (C=O) groups excluding carboxylic acids is 1. The molecule has 0 aromatic heterocycles. The molecule has 0 heterocycles. The Morgan fingerprint density at radius 1 is 0.778 bits per heavy atom. The van der Waals surface area contributed by atoms with E-state index in [1.807, 2.05) is 24.3 Å². The third kappa shape index (κ3) is 8.61. The van der Waals surface area contributed by atoms with Gasteiger partial charge in [-0.2, -0.15) is 0 Å². The van der Waals surface area contributed by atoms with Crippen molar-refractivity contribution in [2.24, 2.45) is 0 Å². The summed E-state index contributed by atoms with van der Waals surface area (Å²) in [6.07, 6.45) is 10.3. The molecule has 27 heavy (non-hydrogen) atoms. The second kappa shape index (κ2) is 12.6. The maximum atomic E-state index is 12.2. The lowest BCUT2D eigenvalue weighted by molar-refractivity contribution is 0.0734. The SMILES string of the molecule is CCCCCCCCCCOc1ccc(C(=O)Oc2ccc(Br)cc2)cc1. The Balaban J connectivity index is 1.64. The Hall–Kier alpha value is -1.81. The summed E-state index contributed by atoms with van der Waals surface area (Å²) in [7, 11) is 0. The van der Waals surface area contributed by atoms with Crippen LogP contribution in [0, 0.1) is 0 Å². The number of carbonyl (C=O) groups is 1. The van der Waals surface area contributed by atoms with Crippen molar-refractivity contribution in [2.45, 2.75) is 58.3 Å². The molecular formula is C23H29BrO3. The minimum Gasteiger partial charge on any atom is -0.494 e. The third-order valence-electron chi connectivity index (χ3n) is 4.38. The second-order valence-electron chi connectivity index (χ2n) is 6.69. The van der Waals surface area contributed by atoms with Crippen molar-refractivity contribution in [3.05, 3.63) is 58.6 Å². The van der Waals surface area contributed by atoms with Gasteiger partial charge >= 0.3 is 5.97 Å². The summed E-state index contributed by atoms with van der Waals surface area (Å²) in [5, 5.41) is 0. The molecule has 0 saturated heterocycles. The largest absolute Gasteiger partial charge is 0.494 e. The molecule has 0 aliphatic heterocycles. The first-order valence-electron chi connectivity index (χ1n) is 9.89. The van der Waals surface area contributed by atoms with Crippen molar-refractivity contribution >= 4 is 21.9 Å². The standard InChI is InChI=1S/C23H29BrO3/c1-2-3-4-5-6-7-8-9-18-26-21-14-10-19(11-15-21)23(25)27-22-16-12-20(24)13-17-22/h10-17H,2-9,18H2,1H3. The van der Waals surface area contributed by atoms with E-state index in [0.717, 1.165) is 23.2 Å². The van der Waals surface area contributed by atoms with Crippen LogP contribution in [-0.4, -0.2) is 12.6 Å². The monoisotopic (exact) mass is 432 g/mol. The molecule has 0 spiro atoms. The van der Waals surface area contributed by atoms with Crippen molar-refractivity contribution in [1.82, 2.24) is 0 Å².